The van der Waals surface area contributed by atoms with E-state index in [4.69, 9.17) is 4.74 Å². The fraction of sp³-hybridized carbons (Fsp3) is 0.100. The molecule has 6 heteroatoms. The topological polar surface area (TPSA) is 67.3 Å². The molecule has 136 valence electrons. The Bertz CT molecular complexity index is 716. The Morgan fingerprint density at radius 2 is 1.62 bits per heavy atom. The van der Waals surface area contributed by atoms with E-state index < -0.39 is 5.95 Å². The molecule has 1 aromatic carbocycles. The van der Waals surface area contributed by atoms with Gasteiger partial charge in [-0.2, -0.15) is 18.2 Å². The van der Waals surface area contributed by atoms with Gasteiger partial charge < -0.3 is 14.6 Å². The third-order valence-corrected chi connectivity index (χ3v) is 2.84. The maximum Gasteiger partial charge on any atom is 2.00 e. The van der Waals surface area contributed by atoms with Gasteiger partial charge in [-0.25, -0.2) is 0 Å². The molecule has 0 amide bonds. The van der Waals surface area contributed by atoms with Gasteiger partial charge in [-0.05, 0) is 30.9 Å². The van der Waals surface area contributed by atoms with Crippen LogP contribution in [0, 0.1) is 6.07 Å². The van der Waals surface area contributed by atoms with Crippen molar-refractivity contribution < 1.29 is 35.0 Å². The van der Waals surface area contributed by atoms with Crippen molar-refractivity contribution >= 4 is 0 Å². The Morgan fingerprint density at radius 1 is 1.00 bits per heavy atom. The van der Waals surface area contributed by atoms with Gasteiger partial charge in [0.15, 0.2) is 0 Å². The van der Waals surface area contributed by atoms with Crippen LogP contribution in [0.25, 0.3) is 11.4 Å². The number of hydrogen-bond donors (Lipinski definition) is 0. The van der Waals surface area contributed by atoms with Gasteiger partial charge in [-0.15, -0.1) is 12.1 Å². The van der Waals surface area contributed by atoms with E-state index in [1.165, 1.54) is 0 Å². The molecule has 3 rings (SSSR count). The van der Waals surface area contributed by atoms with E-state index in [9.17, 15) is 5.11 Å². The monoisotopic (exact) mass is 440 g/mol. The first kappa shape index (κ1) is 21.4. The number of para-hydroxylation sites is 1. The van der Waals surface area contributed by atoms with Gasteiger partial charge in [0.05, 0.1) is 17.3 Å². The standard InChI is InChI=1S/C10H8N2.C10H11O3.Pd/c1-3-7-11-9(5-1)10-6-2-4-8-12-10;1-2-12-10(11)8-13-9-6-4-3-5-7-9;/h1-8H;3-6,8,11H,2H2,1H3;/q;-1;+2/p-1/b;10-8-;. The molecule has 0 aliphatic carbocycles. The summed E-state index contributed by atoms with van der Waals surface area (Å²) in [5, 5.41) is 10.8. The van der Waals surface area contributed by atoms with Crippen LogP contribution < -0.4 is 9.84 Å². The van der Waals surface area contributed by atoms with Gasteiger partial charge in [0.2, 0.25) is 0 Å². The normalized spacial score (nSPS) is 9.96. The van der Waals surface area contributed by atoms with Gasteiger partial charge in [-0.1, -0.05) is 19.1 Å². The molecule has 2 heterocycles. The fourth-order valence-electron chi connectivity index (χ4n) is 1.77. The molecule has 0 radical (unpaired) electrons. The quantitative estimate of drug-likeness (QED) is 0.346. The SMILES string of the molecule is CCO/C([O-])=C\Oc1[c-]cccc1.[Pd+2].c1ccc(-c2ccccn2)nc1. The Labute approximate surface area is 167 Å². The van der Waals surface area contributed by atoms with Crippen LogP contribution in [0.3, 0.4) is 0 Å². The molecule has 26 heavy (non-hydrogen) atoms. The minimum Gasteiger partial charge on any atom is -0.611 e. The number of benzene rings is 1. The zero-order chi connectivity index (χ0) is 17.7. The number of ether oxygens (including phenoxy) is 2. The minimum atomic E-state index is -0.486. The maximum atomic E-state index is 10.8. The summed E-state index contributed by atoms with van der Waals surface area (Å²) in [7, 11) is 0. The number of rotatable bonds is 5. The number of hydrogen-bond acceptors (Lipinski definition) is 5. The average Bonchev–Trinajstić information content (AvgIpc) is 2.69. The summed E-state index contributed by atoms with van der Waals surface area (Å²) in [6.45, 7) is 2.08. The van der Waals surface area contributed by atoms with Gasteiger partial charge in [0.25, 0.3) is 0 Å². The smallest absolute Gasteiger partial charge is 0.611 e. The third-order valence-electron chi connectivity index (χ3n) is 2.84. The zero-order valence-corrected chi connectivity index (χ0v) is 15.7. The molecule has 0 fully saturated rings. The first-order valence-corrected chi connectivity index (χ1v) is 7.75. The molecular formula is C20H18N2O3Pd. The first-order chi connectivity index (χ1) is 12.3. The molecule has 0 N–H and O–H groups in total. The van der Waals surface area contributed by atoms with Crippen molar-refractivity contribution in [1.29, 1.82) is 0 Å². The van der Waals surface area contributed by atoms with Crippen LogP contribution in [-0.4, -0.2) is 16.6 Å². The molecule has 0 aliphatic rings. The average molecular weight is 441 g/mol. The van der Waals surface area contributed by atoms with Crippen molar-refractivity contribution in [1.82, 2.24) is 9.97 Å². The summed E-state index contributed by atoms with van der Waals surface area (Å²) in [5.41, 5.74) is 1.83. The largest absolute Gasteiger partial charge is 2.00 e. The Kier molecular flexibility index (Phi) is 10.4. The predicted molar refractivity (Wildman–Crippen MR) is 93.1 cm³/mol. The van der Waals surface area contributed by atoms with Crippen molar-refractivity contribution in [3.8, 4) is 17.1 Å². The van der Waals surface area contributed by atoms with Crippen LogP contribution in [0.5, 0.6) is 5.75 Å². The molecule has 0 saturated carbocycles. The summed E-state index contributed by atoms with van der Waals surface area (Å²) in [4.78, 5) is 8.37. The van der Waals surface area contributed by atoms with E-state index >= 15 is 0 Å². The molecule has 0 atom stereocenters. The molecule has 3 aromatic rings. The summed E-state index contributed by atoms with van der Waals surface area (Å²) in [5.74, 6) is 0.00954. The van der Waals surface area contributed by atoms with E-state index in [0.29, 0.717) is 12.4 Å². The number of nitrogens with zero attached hydrogens (tertiary/aromatic N) is 2. The molecule has 0 aliphatic heterocycles. The van der Waals surface area contributed by atoms with Crippen molar-refractivity contribution in [3.63, 3.8) is 0 Å². The zero-order valence-electron chi connectivity index (χ0n) is 14.1. The second-order valence-electron chi connectivity index (χ2n) is 4.64. The van der Waals surface area contributed by atoms with E-state index in [-0.39, 0.29) is 20.4 Å². The second kappa shape index (κ2) is 12.7. The van der Waals surface area contributed by atoms with Crippen LogP contribution in [0.4, 0.5) is 0 Å². The van der Waals surface area contributed by atoms with Crippen molar-refractivity contribution in [3.05, 3.63) is 91.3 Å². The van der Waals surface area contributed by atoms with Crippen LogP contribution in [0.2, 0.25) is 0 Å². The molecule has 0 bridgehead atoms. The van der Waals surface area contributed by atoms with Crippen LogP contribution >= 0.6 is 0 Å². The van der Waals surface area contributed by atoms with Crippen LogP contribution in [0.15, 0.2) is 85.3 Å². The Morgan fingerprint density at radius 3 is 2.08 bits per heavy atom. The van der Waals surface area contributed by atoms with E-state index in [0.717, 1.165) is 17.6 Å². The molecule has 0 unspecified atom stereocenters. The van der Waals surface area contributed by atoms with E-state index in [2.05, 4.69) is 20.8 Å². The molecule has 2 aromatic heterocycles. The van der Waals surface area contributed by atoms with Crippen LogP contribution in [0.1, 0.15) is 6.92 Å². The van der Waals surface area contributed by atoms with Gasteiger partial charge in [0, 0.05) is 18.1 Å². The minimum absolute atomic E-state index is 0. The fourth-order valence-corrected chi connectivity index (χ4v) is 1.77. The maximum absolute atomic E-state index is 10.8. The molecule has 5 nitrogen and oxygen atoms in total. The van der Waals surface area contributed by atoms with Gasteiger partial charge >= 0.3 is 20.4 Å². The summed E-state index contributed by atoms with van der Waals surface area (Å²) >= 11 is 0. The predicted octanol–water partition coefficient (Wildman–Crippen LogP) is 3.20. The van der Waals surface area contributed by atoms with Crippen molar-refractivity contribution in [2.75, 3.05) is 6.61 Å². The summed E-state index contributed by atoms with van der Waals surface area (Å²) < 4.78 is 9.60. The van der Waals surface area contributed by atoms with Gasteiger partial charge in [0.1, 0.15) is 6.26 Å². The summed E-state index contributed by atoms with van der Waals surface area (Å²) in [6, 6.07) is 21.4. The Hall–Kier alpha value is -2.68. The molecular weight excluding hydrogens is 423 g/mol. The second-order valence-corrected chi connectivity index (χ2v) is 4.64. The molecule has 0 saturated heterocycles. The summed E-state index contributed by atoms with van der Waals surface area (Å²) in [6.07, 6.45) is 4.56. The van der Waals surface area contributed by atoms with Gasteiger partial charge in [-0.3, -0.25) is 9.97 Å². The number of pyridine rings is 2. The number of aromatic nitrogens is 2. The van der Waals surface area contributed by atoms with E-state index in [1.54, 1.807) is 37.5 Å². The van der Waals surface area contributed by atoms with Crippen LogP contribution in [-0.2, 0) is 25.2 Å². The van der Waals surface area contributed by atoms with Crippen molar-refractivity contribution in [2.24, 2.45) is 0 Å². The van der Waals surface area contributed by atoms with Crippen molar-refractivity contribution in [2.45, 2.75) is 6.92 Å². The Balaban J connectivity index is 0.000000251. The van der Waals surface area contributed by atoms with E-state index in [1.807, 2.05) is 42.5 Å². The third kappa shape index (κ3) is 7.93. The first-order valence-electron chi connectivity index (χ1n) is 7.75. The molecule has 0 spiro atoms.